The summed E-state index contributed by atoms with van der Waals surface area (Å²) >= 11 is 7.54. The second-order valence-corrected chi connectivity index (χ2v) is 13.5. The minimum atomic E-state index is -2.83. The first kappa shape index (κ1) is 28.8. The number of hydrogen-bond donors (Lipinski definition) is 2. The Morgan fingerprint density at radius 1 is 1.21 bits per heavy atom. The number of aromatic nitrogens is 2. The lowest BCUT2D eigenvalue weighted by Crippen LogP contribution is -2.54. The van der Waals surface area contributed by atoms with E-state index in [1.165, 1.54) is 6.07 Å². The molecule has 2 heterocycles. The Labute approximate surface area is 253 Å². The van der Waals surface area contributed by atoms with Gasteiger partial charge in [-0.2, -0.15) is 0 Å². The molecule has 226 valence electrons. The number of aliphatic hydroxyl groups is 1. The first-order chi connectivity index (χ1) is 20.5. The number of rotatable bonds is 8. The standard InChI is InChI=1S/C31H28ClF3N2O5S/c1-14-3-2-4-20(32)23(14)24-19(26(42-37-24)15-5-6-15)13-41-30(28(34)35)11-17-7-8-18(12-30)31(17,40)29-36-25-21(33)9-16(27(38)39)10-22(25)43-29/h2-4,9-10,15,17-18,28,40H,5-8,11-13H2,1H3,(H,38,39)/t17-,18+,30?,31+. The molecule has 2 aromatic carbocycles. The molecule has 0 aliphatic heterocycles. The number of halogens is 4. The van der Waals surface area contributed by atoms with Gasteiger partial charge in [-0.25, -0.2) is 22.9 Å². The third-order valence-corrected chi connectivity index (χ3v) is 10.9. The summed E-state index contributed by atoms with van der Waals surface area (Å²) in [5, 5.41) is 26.4. The molecule has 7 nitrogen and oxygen atoms in total. The minimum absolute atomic E-state index is 0.0396. The fourth-order valence-corrected chi connectivity index (χ4v) is 8.65. The number of hydrogen-bond acceptors (Lipinski definition) is 7. The Bertz CT molecular complexity index is 1720. The molecule has 1 unspecified atom stereocenters. The van der Waals surface area contributed by atoms with Crippen LogP contribution in [0, 0.1) is 24.6 Å². The molecule has 0 radical (unpaired) electrons. The Morgan fingerprint density at radius 3 is 2.56 bits per heavy atom. The van der Waals surface area contributed by atoms with Crippen molar-refractivity contribution >= 4 is 39.1 Å². The number of carboxylic acids is 1. The second-order valence-electron chi connectivity index (χ2n) is 12.1. The van der Waals surface area contributed by atoms with Gasteiger partial charge in [0.2, 0.25) is 0 Å². The second kappa shape index (κ2) is 10.3. The van der Waals surface area contributed by atoms with Gasteiger partial charge in [0.05, 0.1) is 21.9 Å². The first-order valence-corrected chi connectivity index (χ1v) is 15.4. The van der Waals surface area contributed by atoms with Crippen molar-refractivity contribution in [2.75, 3.05) is 0 Å². The van der Waals surface area contributed by atoms with Crippen LogP contribution >= 0.6 is 22.9 Å². The van der Waals surface area contributed by atoms with Crippen molar-refractivity contribution in [1.82, 2.24) is 10.1 Å². The van der Waals surface area contributed by atoms with Crippen LogP contribution in [0.3, 0.4) is 0 Å². The van der Waals surface area contributed by atoms with E-state index in [1.807, 2.05) is 19.1 Å². The Balaban J connectivity index is 1.21. The zero-order valence-corrected chi connectivity index (χ0v) is 24.7. The molecule has 2 bridgehead atoms. The van der Waals surface area contributed by atoms with E-state index in [0.29, 0.717) is 40.4 Å². The third-order valence-electron chi connectivity index (χ3n) is 9.46. The SMILES string of the molecule is Cc1cccc(Cl)c1-c1noc(C2CC2)c1COC1(C(F)F)C[C@H]2CC[C@@H](C1)[C@]2(O)c1nc2c(F)cc(C(=O)O)cc2s1. The number of ether oxygens (including phenoxy) is 1. The van der Waals surface area contributed by atoms with Gasteiger partial charge in [0.15, 0.2) is 5.82 Å². The summed E-state index contributed by atoms with van der Waals surface area (Å²) in [6, 6.07) is 7.68. The molecule has 3 saturated carbocycles. The summed E-state index contributed by atoms with van der Waals surface area (Å²) < 4.78 is 57.0. The number of fused-ring (bicyclic) bond motifs is 3. The average molecular weight is 633 g/mol. The quantitative estimate of drug-likeness (QED) is 0.204. The minimum Gasteiger partial charge on any atom is -0.478 e. The Morgan fingerprint density at radius 2 is 1.93 bits per heavy atom. The third kappa shape index (κ3) is 4.58. The monoisotopic (exact) mass is 632 g/mol. The molecule has 2 aromatic heterocycles. The van der Waals surface area contributed by atoms with Crippen molar-refractivity contribution in [3.05, 3.63) is 68.6 Å². The van der Waals surface area contributed by atoms with Gasteiger partial charge < -0.3 is 19.5 Å². The van der Waals surface area contributed by atoms with Crippen LogP contribution in [-0.2, 0) is 16.9 Å². The molecule has 2 N–H and O–H groups in total. The molecule has 0 spiro atoms. The highest BCUT2D eigenvalue weighted by atomic mass is 35.5. The van der Waals surface area contributed by atoms with E-state index in [0.717, 1.165) is 35.8 Å². The van der Waals surface area contributed by atoms with E-state index < -0.39 is 41.2 Å². The van der Waals surface area contributed by atoms with Crippen molar-refractivity contribution in [1.29, 1.82) is 0 Å². The number of thiazole rings is 1. The number of benzene rings is 2. The number of alkyl halides is 2. The van der Waals surface area contributed by atoms with Crippen LogP contribution in [0.1, 0.15) is 76.7 Å². The van der Waals surface area contributed by atoms with Gasteiger partial charge >= 0.3 is 5.97 Å². The number of aromatic carboxylic acids is 1. The van der Waals surface area contributed by atoms with E-state index in [1.54, 1.807) is 6.07 Å². The number of nitrogens with zero attached hydrogens (tertiary/aromatic N) is 2. The predicted octanol–water partition coefficient (Wildman–Crippen LogP) is 7.86. The summed E-state index contributed by atoms with van der Waals surface area (Å²) in [4.78, 5) is 15.8. The number of carboxylic acid groups (broad SMARTS) is 1. The molecule has 0 amide bonds. The maximum atomic E-state index is 15.0. The molecule has 0 saturated heterocycles. The zero-order chi connectivity index (χ0) is 30.3. The van der Waals surface area contributed by atoms with E-state index in [-0.39, 0.29) is 46.2 Å². The topological polar surface area (TPSA) is 106 Å². The summed E-state index contributed by atoms with van der Waals surface area (Å²) in [7, 11) is 0. The fourth-order valence-electron chi connectivity index (χ4n) is 7.07. The van der Waals surface area contributed by atoms with Crippen molar-refractivity contribution in [2.24, 2.45) is 11.8 Å². The number of aryl methyl sites for hydroxylation is 1. The number of carbonyl (C=O) groups is 1. The van der Waals surface area contributed by atoms with Crippen molar-refractivity contribution in [2.45, 2.75) is 75.6 Å². The molecule has 43 heavy (non-hydrogen) atoms. The summed E-state index contributed by atoms with van der Waals surface area (Å²) in [6.07, 6.45) is -0.304. The summed E-state index contributed by atoms with van der Waals surface area (Å²) in [5.74, 6) is -2.53. The molecule has 3 aliphatic rings. The molecular formula is C31H28ClF3N2O5S. The lowest BCUT2D eigenvalue weighted by Gasteiger charge is -2.47. The molecule has 7 rings (SSSR count). The van der Waals surface area contributed by atoms with Crippen molar-refractivity contribution in [3.63, 3.8) is 0 Å². The normalized spacial score (nSPS) is 27.0. The molecule has 3 fully saturated rings. The van der Waals surface area contributed by atoms with Crippen LogP contribution < -0.4 is 0 Å². The summed E-state index contributed by atoms with van der Waals surface area (Å²) in [5.41, 5.74) is -1.01. The van der Waals surface area contributed by atoms with Crippen molar-refractivity contribution in [3.8, 4) is 11.3 Å². The molecular weight excluding hydrogens is 605 g/mol. The van der Waals surface area contributed by atoms with Crippen LogP contribution in [0.4, 0.5) is 13.2 Å². The van der Waals surface area contributed by atoms with Gasteiger partial charge in [-0.3, -0.25) is 0 Å². The largest absolute Gasteiger partial charge is 0.478 e. The van der Waals surface area contributed by atoms with Crippen LogP contribution in [0.15, 0.2) is 34.9 Å². The zero-order valence-electron chi connectivity index (χ0n) is 23.1. The van der Waals surface area contributed by atoms with Gasteiger partial charge in [0.25, 0.3) is 6.43 Å². The van der Waals surface area contributed by atoms with E-state index in [2.05, 4.69) is 10.1 Å². The van der Waals surface area contributed by atoms with Crippen molar-refractivity contribution < 1.29 is 37.4 Å². The van der Waals surface area contributed by atoms with E-state index in [9.17, 15) is 19.4 Å². The van der Waals surface area contributed by atoms with Crippen LogP contribution in [0.25, 0.3) is 21.5 Å². The average Bonchev–Trinajstić information content (AvgIpc) is 3.53. The highest BCUT2D eigenvalue weighted by molar-refractivity contribution is 7.18. The Kier molecular flexibility index (Phi) is 6.88. The first-order valence-electron chi connectivity index (χ1n) is 14.2. The van der Waals surface area contributed by atoms with Gasteiger partial charge in [-0.05, 0) is 81.0 Å². The van der Waals surface area contributed by atoms with Gasteiger partial charge in [-0.1, -0.05) is 28.9 Å². The maximum Gasteiger partial charge on any atom is 0.335 e. The van der Waals surface area contributed by atoms with Crippen LogP contribution in [0.2, 0.25) is 5.02 Å². The van der Waals surface area contributed by atoms with Crippen LogP contribution in [-0.4, -0.2) is 38.3 Å². The molecule has 12 heteroatoms. The smallest absolute Gasteiger partial charge is 0.335 e. The van der Waals surface area contributed by atoms with E-state index >= 15 is 8.78 Å². The molecule has 4 atom stereocenters. The van der Waals surface area contributed by atoms with Gasteiger partial charge in [0.1, 0.15) is 33.2 Å². The highest BCUT2D eigenvalue weighted by Gasteiger charge is 2.63. The lowest BCUT2D eigenvalue weighted by molar-refractivity contribution is -0.215. The lowest BCUT2D eigenvalue weighted by atomic mass is 9.68. The molecule has 4 aromatic rings. The Hall–Kier alpha value is -2.99. The van der Waals surface area contributed by atoms with Crippen LogP contribution in [0.5, 0.6) is 0 Å². The van der Waals surface area contributed by atoms with Gasteiger partial charge in [-0.15, -0.1) is 11.3 Å². The summed E-state index contributed by atoms with van der Waals surface area (Å²) in [6.45, 7) is 1.75. The maximum absolute atomic E-state index is 15.0. The fraction of sp³-hybridized carbons (Fsp3) is 0.452. The molecule has 3 aliphatic carbocycles. The van der Waals surface area contributed by atoms with E-state index in [4.69, 9.17) is 20.9 Å². The highest BCUT2D eigenvalue weighted by Crippen LogP contribution is 2.61. The van der Waals surface area contributed by atoms with Gasteiger partial charge in [0, 0.05) is 17.0 Å². The predicted molar refractivity (Wildman–Crippen MR) is 153 cm³/mol.